The molecule has 33 heavy (non-hydrogen) atoms. The molecule has 0 aliphatic heterocycles. The van der Waals surface area contributed by atoms with Gasteiger partial charge in [0.15, 0.2) is 0 Å². The van der Waals surface area contributed by atoms with E-state index >= 15 is 0 Å². The molecule has 0 heterocycles. The Morgan fingerprint density at radius 3 is 2.45 bits per heavy atom. The summed E-state index contributed by atoms with van der Waals surface area (Å²) in [6.45, 7) is 13.2. The summed E-state index contributed by atoms with van der Waals surface area (Å²) in [5.41, 5.74) is 3.57. The fraction of sp³-hybridized carbons (Fsp3) is 0.800. The summed E-state index contributed by atoms with van der Waals surface area (Å²) < 4.78 is 0. The van der Waals surface area contributed by atoms with Gasteiger partial charge in [0.2, 0.25) is 0 Å². The van der Waals surface area contributed by atoms with Crippen LogP contribution in [0.15, 0.2) is 35.5 Å². The van der Waals surface area contributed by atoms with Gasteiger partial charge in [0.05, 0.1) is 17.8 Å². The number of hydrogen-bond donors (Lipinski definition) is 3. The summed E-state index contributed by atoms with van der Waals surface area (Å²) in [5.74, 6) is 2.27. The highest BCUT2D eigenvalue weighted by molar-refractivity contribution is 5.38. The van der Waals surface area contributed by atoms with Crippen LogP contribution in [-0.2, 0) is 0 Å². The van der Waals surface area contributed by atoms with Gasteiger partial charge in [0.1, 0.15) is 0 Å². The van der Waals surface area contributed by atoms with Crippen LogP contribution in [0.25, 0.3) is 0 Å². The summed E-state index contributed by atoms with van der Waals surface area (Å²) in [6, 6.07) is 0. The Hall–Kier alpha value is -0.900. The smallest absolute Gasteiger partial charge is 0.0811 e. The van der Waals surface area contributed by atoms with Gasteiger partial charge in [-0.25, -0.2) is 0 Å². The van der Waals surface area contributed by atoms with E-state index in [1.54, 1.807) is 5.57 Å². The van der Waals surface area contributed by atoms with Crippen LogP contribution < -0.4 is 0 Å². The minimum absolute atomic E-state index is 0.358. The van der Waals surface area contributed by atoms with E-state index in [1.165, 1.54) is 51.4 Å². The topological polar surface area (TPSA) is 60.7 Å². The average molecular weight is 457 g/mol. The highest BCUT2D eigenvalue weighted by Crippen LogP contribution is 2.67. The Labute approximate surface area is 202 Å². The highest BCUT2D eigenvalue weighted by atomic mass is 16.3. The summed E-state index contributed by atoms with van der Waals surface area (Å²) in [7, 11) is 0. The van der Waals surface area contributed by atoms with Crippen LogP contribution in [0.3, 0.4) is 0 Å². The molecular formula is C30H48O3. The van der Waals surface area contributed by atoms with Gasteiger partial charge in [0.25, 0.3) is 0 Å². The second-order valence-corrected chi connectivity index (χ2v) is 13.1. The van der Waals surface area contributed by atoms with E-state index in [1.807, 2.05) is 13.8 Å². The van der Waals surface area contributed by atoms with Crippen molar-refractivity contribution in [2.45, 2.75) is 123 Å². The lowest BCUT2D eigenvalue weighted by Crippen LogP contribution is -2.42. The number of rotatable bonds is 7. The maximum Gasteiger partial charge on any atom is 0.0811 e. The Bertz CT molecular complexity index is 798. The number of hydrogen-bond acceptors (Lipinski definition) is 3. The van der Waals surface area contributed by atoms with Gasteiger partial charge in [0, 0.05) is 6.42 Å². The van der Waals surface area contributed by atoms with Gasteiger partial charge in [-0.05, 0) is 118 Å². The van der Waals surface area contributed by atoms with Gasteiger partial charge in [-0.1, -0.05) is 44.6 Å². The van der Waals surface area contributed by atoms with Crippen molar-refractivity contribution in [2.24, 2.45) is 28.6 Å². The van der Waals surface area contributed by atoms with Crippen molar-refractivity contribution in [1.82, 2.24) is 0 Å². The fourth-order valence-corrected chi connectivity index (χ4v) is 8.10. The van der Waals surface area contributed by atoms with Crippen LogP contribution in [0.5, 0.6) is 0 Å². The molecule has 0 saturated heterocycles. The molecule has 0 radical (unpaired) electrons. The van der Waals surface area contributed by atoms with Crippen LogP contribution in [0.2, 0.25) is 0 Å². The largest absolute Gasteiger partial charge is 0.393 e. The Morgan fingerprint density at radius 1 is 1.06 bits per heavy atom. The molecule has 0 aromatic rings. The molecule has 4 aliphatic rings. The summed E-state index contributed by atoms with van der Waals surface area (Å²) >= 11 is 0. The normalized spacial score (nSPS) is 39.7. The molecule has 4 rings (SSSR count). The number of aliphatic hydroxyl groups is 3. The first-order valence-electron chi connectivity index (χ1n) is 13.6. The predicted octanol–water partition coefficient (Wildman–Crippen LogP) is 6.48. The van der Waals surface area contributed by atoms with E-state index in [0.29, 0.717) is 29.6 Å². The lowest BCUT2D eigenvalue weighted by Gasteiger charge is -2.50. The zero-order chi connectivity index (χ0) is 24.0. The third kappa shape index (κ3) is 5.21. The van der Waals surface area contributed by atoms with E-state index in [2.05, 4.69) is 32.6 Å². The fourth-order valence-electron chi connectivity index (χ4n) is 8.10. The number of aliphatic hydroxyl groups excluding tert-OH is 2. The maximum atomic E-state index is 10.3. The molecule has 3 nitrogen and oxygen atoms in total. The van der Waals surface area contributed by atoms with Crippen molar-refractivity contribution < 1.29 is 15.3 Å². The van der Waals surface area contributed by atoms with E-state index in [4.69, 9.17) is 0 Å². The summed E-state index contributed by atoms with van der Waals surface area (Å²) in [4.78, 5) is 0. The minimum Gasteiger partial charge on any atom is -0.393 e. The molecule has 4 fully saturated rings. The van der Waals surface area contributed by atoms with E-state index in [9.17, 15) is 15.3 Å². The van der Waals surface area contributed by atoms with Gasteiger partial charge < -0.3 is 15.3 Å². The van der Waals surface area contributed by atoms with Gasteiger partial charge >= 0.3 is 0 Å². The Kier molecular flexibility index (Phi) is 7.09. The van der Waals surface area contributed by atoms with Gasteiger partial charge in [-0.2, -0.15) is 0 Å². The monoisotopic (exact) mass is 456 g/mol. The van der Waals surface area contributed by atoms with Gasteiger partial charge in [-0.3, -0.25) is 0 Å². The lowest BCUT2D eigenvalue weighted by molar-refractivity contribution is 0.00449. The second kappa shape index (κ2) is 9.28. The second-order valence-electron chi connectivity index (χ2n) is 13.1. The van der Waals surface area contributed by atoms with Crippen molar-refractivity contribution in [3.8, 4) is 0 Å². The van der Waals surface area contributed by atoms with Crippen LogP contribution in [0.4, 0.5) is 0 Å². The summed E-state index contributed by atoms with van der Waals surface area (Å²) in [5, 5.41) is 30.6. The predicted molar refractivity (Wildman–Crippen MR) is 136 cm³/mol. The van der Waals surface area contributed by atoms with E-state index in [0.717, 1.165) is 35.8 Å². The molecule has 6 atom stereocenters. The first-order chi connectivity index (χ1) is 15.4. The molecule has 186 valence electrons. The number of allylic oxidation sites excluding steroid dienone is 3. The zero-order valence-corrected chi connectivity index (χ0v) is 21.6. The lowest BCUT2D eigenvalue weighted by atomic mass is 9.55. The SMILES string of the molecule is C=C1/C(=C\C=C2CCC[C@@]3(C)C2CC[C@@H]3[C@](C)(CCCC(C)(C)O)C2CC2)C[C@@H](O)CC1O. The van der Waals surface area contributed by atoms with E-state index in [-0.39, 0.29) is 0 Å². The Balaban J connectivity index is 1.54. The third-order valence-corrected chi connectivity index (χ3v) is 10.0. The van der Waals surface area contributed by atoms with Crippen molar-refractivity contribution in [3.63, 3.8) is 0 Å². The molecule has 0 amide bonds. The summed E-state index contributed by atoms with van der Waals surface area (Å²) in [6.07, 6.45) is 16.8. The molecule has 0 aromatic carbocycles. The first kappa shape index (κ1) is 25.2. The molecule has 3 N–H and O–H groups in total. The molecule has 3 heteroatoms. The molecule has 4 aliphatic carbocycles. The average Bonchev–Trinajstić information content (AvgIpc) is 3.50. The standard InChI is InChI=1S/C30H48O3/c1-20-22(18-24(31)19-26(20)32)10-9-21-8-6-16-30(5)25(21)13-14-27(30)29(4,23-11-12-23)17-7-15-28(2,3)33/h9-10,23-27,31-33H,1,6-8,11-19H2,2-5H3/b21-9?,22-10-/t24-,25?,26?,27-,29-,30+/m1/s1. The van der Waals surface area contributed by atoms with Crippen LogP contribution in [0, 0.1) is 28.6 Å². The van der Waals surface area contributed by atoms with Crippen LogP contribution >= 0.6 is 0 Å². The van der Waals surface area contributed by atoms with Gasteiger partial charge in [-0.15, -0.1) is 0 Å². The highest BCUT2D eigenvalue weighted by Gasteiger charge is 2.58. The van der Waals surface area contributed by atoms with Crippen molar-refractivity contribution >= 4 is 0 Å². The first-order valence-corrected chi connectivity index (χ1v) is 13.6. The molecule has 4 saturated carbocycles. The quantitative estimate of drug-likeness (QED) is 0.410. The van der Waals surface area contributed by atoms with E-state index < -0.39 is 17.8 Å². The van der Waals surface area contributed by atoms with Crippen LogP contribution in [-0.4, -0.2) is 33.1 Å². The van der Waals surface area contributed by atoms with Crippen molar-refractivity contribution in [2.75, 3.05) is 0 Å². The van der Waals surface area contributed by atoms with Crippen molar-refractivity contribution in [3.05, 3.63) is 35.5 Å². The third-order valence-electron chi connectivity index (χ3n) is 10.0. The maximum absolute atomic E-state index is 10.3. The van der Waals surface area contributed by atoms with Crippen LogP contribution in [0.1, 0.15) is 105 Å². The van der Waals surface area contributed by atoms with Crippen molar-refractivity contribution in [1.29, 1.82) is 0 Å². The minimum atomic E-state index is -0.617. The zero-order valence-electron chi connectivity index (χ0n) is 21.6. The molecule has 0 bridgehead atoms. The number of fused-ring (bicyclic) bond motifs is 1. The molecule has 2 unspecified atom stereocenters. The molecule has 0 aromatic heterocycles. The Morgan fingerprint density at radius 2 is 1.79 bits per heavy atom. The molecule has 0 spiro atoms. The molecular weight excluding hydrogens is 408 g/mol.